The average molecular weight is 1060 g/mol. The van der Waals surface area contributed by atoms with E-state index in [0.29, 0.717) is 0 Å². The summed E-state index contributed by atoms with van der Waals surface area (Å²) in [4.78, 5) is 38.0. The number of carbonyl (C=O) groups is 2. The van der Waals surface area contributed by atoms with Gasteiger partial charge in [0.1, 0.15) is 5.78 Å². The van der Waals surface area contributed by atoms with Crippen LogP contribution < -0.4 is 0 Å². The standard InChI is InChI=1S/C5H7O2.C3H2O2.C2H5.HI.3W.2Y/c1-4(6)3-5(2)7;4-2-1-3-5;1-2;;;;;;/h1,3H2,2H3;1H2;1H2,2H3;1H;;;;;/q-1;-2;-1;;;;;;. The minimum atomic E-state index is -0.312. The zero-order valence-corrected chi connectivity index (χ0v) is 28.1. The van der Waals surface area contributed by atoms with Gasteiger partial charge in [0, 0.05) is 141 Å². The van der Waals surface area contributed by atoms with Gasteiger partial charge in [-0.3, -0.25) is 23.8 Å². The smallest absolute Gasteiger partial charge is 0.134 e. The maximum atomic E-state index is 9.99. The van der Waals surface area contributed by atoms with Crippen molar-refractivity contribution in [1.29, 1.82) is 0 Å². The molecule has 0 aromatic carbocycles. The van der Waals surface area contributed by atoms with Gasteiger partial charge >= 0.3 is 0 Å². The Hall–Kier alpha value is 3.55. The summed E-state index contributed by atoms with van der Waals surface area (Å²) in [6, 6.07) is 0. The summed E-state index contributed by atoms with van der Waals surface area (Å²) >= 11 is 0. The summed E-state index contributed by atoms with van der Waals surface area (Å²) in [5, 5.41) is 0. The SMILES string of the molecule is I.O=[C-]C[C-]=O.[CH2-]C.[CH2-]C(=O)CC(C)=O.[W].[W].[W].[Y].[Y]. The van der Waals surface area contributed by atoms with Gasteiger partial charge in [-0.25, -0.2) is 0 Å². The predicted molar refractivity (Wildman–Crippen MR) is 68.1 cm³/mol. The molecular formula is C10H15IO4W3Y2-4. The van der Waals surface area contributed by atoms with E-state index in [1.165, 1.54) is 19.5 Å². The second kappa shape index (κ2) is 57.0. The molecule has 10 heteroatoms. The zero-order chi connectivity index (χ0) is 12.0. The Morgan fingerprint density at radius 3 is 1.20 bits per heavy atom. The molecule has 0 saturated heterocycles. The first-order valence-electron chi connectivity index (χ1n) is 3.79. The first kappa shape index (κ1) is 56.6. The summed E-state index contributed by atoms with van der Waals surface area (Å²) in [5.74, 6) is -0.437. The van der Waals surface area contributed by atoms with Crippen LogP contribution in [-0.4, -0.2) is 24.1 Å². The molecule has 2 radical (unpaired) electrons. The van der Waals surface area contributed by atoms with Gasteiger partial charge in [-0.1, -0.05) is 0 Å². The van der Waals surface area contributed by atoms with E-state index in [0.717, 1.165) is 0 Å². The summed E-state index contributed by atoms with van der Waals surface area (Å²) in [7, 11) is 0. The zero-order valence-electron chi connectivity index (χ0n) is 11.2. The minimum Gasteiger partial charge on any atom is -0.544 e. The summed E-state index contributed by atoms with van der Waals surface area (Å²) < 4.78 is 0. The first-order chi connectivity index (χ1) is 6.54. The average Bonchev–Trinajstić information content (AvgIpc) is 2.08. The molecule has 0 aliphatic heterocycles. The normalized spacial score (nSPS) is 4.75. The molecule has 0 fully saturated rings. The van der Waals surface area contributed by atoms with E-state index in [4.69, 9.17) is 9.59 Å². The second-order valence-corrected chi connectivity index (χ2v) is 1.88. The van der Waals surface area contributed by atoms with Crippen molar-refractivity contribution in [1.82, 2.24) is 0 Å². The van der Waals surface area contributed by atoms with Gasteiger partial charge in [0.15, 0.2) is 0 Å². The molecule has 0 aliphatic rings. The van der Waals surface area contributed by atoms with Crippen LogP contribution in [0.2, 0.25) is 0 Å². The van der Waals surface area contributed by atoms with Crippen molar-refractivity contribution >= 4 is 48.1 Å². The Labute approximate surface area is 232 Å². The van der Waals surface area contributed by atoms with E-state index < -0.39 is 0 Å². The van der Waals surface area contributed by atoms with Crippen molar-refractivity contribution in [2.75, 3.05) is 0 Å². The summed E-state index contributed by atoms with van der Waals surface area (Å²) in [6.45, 7) is 9.38. The second-order valence-electron chi connectivity index (χ2n) is 1.88. The molecule has 0 aromatic rings. The molecule has 0 rings (SSSR count). The van der Waals surface area contributed by atoms with Crippen LogP contribution in [0.15, 0.2) is 0 Å². The van der Waals surface area contributed by atoms with Gasteiger partial charge in [0.05, 0.1) is 0 Å². The number of rotatable bonds is 4. The van der Waals surface area contributed by atoms with Crippen LogP contribution in [-0.2, 0) is 148 Å². The van der Waals surface area contributed by atoms with Crippen molar-refractivity contribution in [2.24, 2.45) is 0 Å². The van der Waals surface area contributed by atoms with Crippen LogP contribution in [0.5, 0.6) is 0 Å². The fourth-order valence-electron chi connectivity index (χ4n) is 0.307. The number of ketones is 2. The van der Waals surface area contributed by atoms with E-state index in [1.54, 1.807) is 6.92 Å². The molecule has 0 aliphatic carbocycles. The third kappa shape index (κ3) is 99.8. The fourth-order valence-corrected chi connectivity index (χ4v) is 0.307. The van der Waals surface area contributed by atoms with E-state index in [2.05, 4.69) is 13.8 Å². The maximum absolute atomic E-state index is 9.99. The van der Waals surface area contributed by atoms with E-state index >= 15 is 0 Å². The van der Waals surface area contributed by atoms with Crippen molar-refractivity contribution in [2.45, 2.75) is 26.7 Å². The summed E-state index contributed by atoms with van der Waals surface area (Å²) in [5.41, 5.74) is 0. The molecule has 0 amide bonds. The molecule has 114 valence electrons. The monoisotopic (exact) mass is 1060 g/mol. The Bertz CT molecular complexity index is 181. The number of Topliss-reactive ketones (excluding diaryl/α,β-unsaturated/α-hetero) is 2. The summed E-state index contributed by atoms with van der Waals surface area (Å²) in [6.07, 6.45) is 2.44. The third-order valence-electron chi connectivity index (χ3n) is 0.590. The first-order valence-corrected chi connectivity index (χ1v) is 3.79. The molecule has 0 unspecified atom stereocenters. The number of hydrogen-bond acceptors (Lipinski definition) is 4. The van der Waals surface area contributed by atoms with E-state index in [9.17, 15) is 9.59 Å². The third-order valence-corrected chi connectivity index (χ3v) is 0.590. The van der Waals surface area contributed by atoms with Crippen molar-refractivity contribution in [3.8, 4) is 0 Å². The van der Waals surface area contributed by atoms with Crippen molar-refractivity contribution in [3.05, 3.63) is 13.8 Å². The van der Waals surface area contributed by atoms with Gasteiger partial charge in [-0.15, -0.1) is 24.0 Å². The predicted octanol–water partition coefficient (Wildman–Crippen LogP) is 1.41. The van der Waals surface area contributed by atoms with Gasteiger partial charge < -0.3 is 28.2 Å². The molecule has 4 nitrogen and oxygen atoms in total. The number of carbonyl (C=O) groups excluding carboxylic acids is 4. The Morgan fingerprint density at radius 2 is 1.20 bits per heavy atom. The molecule has 0 bridgehead atoms. The maximum Gasteiger partial charge on any atom is 0.134 e. The largest absolute Gasteiger partial charge is 0.544 e. The van der Waals surface area contributed by atoms with E-state index in [1.807, 2.05) is 0 Å². The molecule has 0 spiro atoms. The number of halogens is 1. The number of hydrogen-bond donors (Lipinski definition) is 0. The van der Waals surface area contributed by atoms with Gasteiger partial charge in [-0.2, -0.15) is 6.92 Å². The minimum absolute atomic E-state index is 0. The van der Waals surface area contributed by atoms with E-state index in [-0.39, 0.29) is 177 Å². The topological polar surface area (TPSA) is 68.3 Å². The Kier molecular flexibility index (Phi) is 161. The molecule has 20 heavy (non-hydrogen) atoms. The van der Waals surface area contributed by atoms with Crippen LogP contribution >= 0.6 is 24.0 Å². The van der Waals surface area contributed by atoms with Crippen molar-refractivity contribution < 1.29 is 148 Å². The van der Waals surface area contributed by atoms with Gasteiger partial charge in [-0.05, 0) is 6.92 Å². The Balaban J connectivity index is -0.0000000123. The van der Waals surface area contributed by atoms with Crippen molar-refractivity contribution in [3.63, 3.8) is 0 Å². The molecule has 0 saturated carbocycles. The molecule has 0 atom stereocenters. The molecule has 0 N–H and O–H groups in total. The van der Waals surface area contributed by atoms with Crippen LogP contribution in [0.4, 0.5) is 0 Å². The molecular weight excluding hydrogens is 1040 g/mol. The van der Waals surface area contributed by atoms with Crippen LogP contribution in [0.25, 0.3) is 0 Å². The van der Waals surface area contributed by atoms with Crippen LogP contribution in [0, 0.1) is 13.8 Å². The van der Waals surface area contributed by atoms with Gasteiger partial charge in [0.25, 0.3) is 0 Å². The van der Waals surface area contributed by atoms with Crippen LogP contribution in [0.1, 0.15) is 26.7 Å². The van der Waals surface area contributed by atoms with Gasteiger partial charge in [0.2, 0.25) is 0 Å². The quantitative estimate of drug-likeness (QED) is 0.243. The van der Waals surface area contributed by atoms with Crippen LogP contribution in [0.3, 0.4) is 0 Å². The molecule has 0 aromatic heterocycles. The fraction of sp³-hybridized carbons (Fsp3) is 0.400. The molecule has 0 heterocycles. The Morgan fingerprint density at radius 1 is 0.950 bits per heavy atom.